The van der Waals surface area contributed by atoms with Gasteiger partial charge >= 0.3 is 0 Å². The summed E-state index contributed by atoms with van der Waals surface area (Å²) in [7, 11) is 0. The van der Waals surface area contributed by atoms with Crippen LogP contribution in [0.25, 0.3) is 0 Å². The summed E-state index contributed by atoms with van der Waals surface area (Å²) in [6.45, 7) is 7.86. The maximum absolute atomic E-state index is 11.9. The number of anilines is 1. The molecule has 23 heavy (non-hydrogen) atoms. The van der Waals surface area contributed by atoms with Crippen LogP contribution in [-0.4, -0.2) is 31.1 Å². The van der Waals surface area contributed by atoms with Crippen LogP contribution in [0.4, 0.5) is 5.69 Å². The summed E-state index contributed by atoms with van der Waals surface area (Å²) in [6.07, 6.45) is 1.81. The van der Waals surface area contributed by atoms with E-state index in [4.69, 9.17) is 5.73 Å². The molecule has 0 fully saturated rings. The van der Waals surface area contributed by atoms with E-state index in [-0.39, 0.29) is 30.7 Å². The second-order valence-electron chi connectivity index (χ2n) is 6.40. The van der Waals surface area contributed by atoms with Crippen molar-refractivity contribution < 1.29 is 4.79 Å². The minimum atomic E-state index is -0.395. The number of halogens is 2. The predicted molar refractivity (Wildman–Crippen MR) is 102 cm³/mol. The second-order valence-corrected chi connectivity index (χ2v) is 6.40. The summed E-state index contributed by atoms with van der Waals surface area (Å²) >= 11 is 0. The number of nitrogens with zero attached hydrogens (tertiary/aromatic N) is 1. The monoisotopic (exact) mass is 361 g/mol. The fourth-order valence-electron chi connectivity index (χ4n) is 3.02. The van der Waals surface area contributed by atoms with Gasteiger partial charge in [0.05, 0.1) is 6.04 Å². The van der Waals surface area contributed by atoms with Crippen LogP contribution in [0.3, 0.4) is 0 Å². The van der Waals surface area contributed by atoms with Gasteiger partial charge in [0.1, 0.15) is 0 Å². The lowest BCUT2D eigenvalue weighted by molar-refractivity contribution is -0.122. The summed E-state index contributed by atoms with van der Waals surface area (Å²) in [4.78, 5) is 14.3. The van der Waals surface area contributed by atoms with Crippen molar-refractivity contribution >= 4 is 36.4 Å². The Morgan fingerprint density at radius 1 is 1.35 bits per heavy atom. The van der Waals surface area contributed by atoms with Crippen LogP contribution in [0.1, 0.15) is 32.8 Å². The maximum atomic E-state index is 11.9. The third-order valence-corrected chi connectivity index (χ3v) is 4.06. The Hall–Kier alpha value is -0.970. The molecule has 1 aromatic rings. The third kappa shape index (κ3) is 5.87. The Balaban J connectivity index is 0.00000242. The molecule has 0 bridgehead atoms. The van der Waals surface area contributed by atoms with Gasteiger partial charge in [0.25, 0.3) is 0 Å². The van der Waals surface area contributed by atoms with E-state index in [0.717, 1.165) is 19.4 Å². The van der Waals surface area contributed by atoms with Gasteiger partial charge in [-0.25, -0.2) is 0 Å². The van der Waals surface area contributed by atoms with Gasteiger partial charge in [-0.3, -0.25) is 4.79 Å². The molecular weight excluding hydrogens is 333 g/mol. The van der Waals surface area contributed by atoms with E-state index in [1.807, 2.05) is 0 Å². The van der Waals surface area contributed by atoms with Crippen molar-refractivity contribution in [3.8, 4) is 0 Å². The fourth-order valence-corrected chi connectivity index (χ4v) is 3.02. The molecule has 4 nitrogen and oxygen atoms in total. The van der Waals surface area contributed by atoms with Crippen molar-refractivity contribution in [1.82, 2.24) is 5.32 Å². The molecule has 0 radical (unpaired) electrons. The van der Waals surface area contributed by atoms with Gasteiger partial charge < -0.3 is 16.0 Å². The first kappa shape index (κ1) is 22.0. The zero-order chi connectivity index (χ0) is 15.4. The highest BCUT2D eigenvalue weighted by Gasteiger charge is 2.25. The number of rotatable bonds is 6. The molecule has 1 unspecified atom stereocenters. The molecule has 1 aromatic carbocycles. The van der Waals surface area contributed by atoms with Crippen LogP contribution in [0, 0.1) is 5.92 Å². The molecule has 132 valence electrons. The SMILES string of the molecule is CC(C)C[C@H](N)C(=O)NCCN1c2ccccc2CC1C.Cl.Cl. The van der Waals surface area contributed by atoms with Crippen molar-refractivity contribution in [1.29, 1.82) is 0 Å². The molecule has 0 spiro atoms. The van der Waals surface area contributed by atoms with Crippen molar-refractivity contribution in [2.45, 2.75) is 45.7 Å². The van der Waals surface area contributed by atoms with Crippen LogP contribution in [0.15, 0.2) is 24.3 Å². The Morgan fingerprint density at radius 3 is 2.65 bits per heavy atom. The number of carbonyl (C=O) groups is 1. The zero-order valence-electron chi connectivity index (χ0n) is 14.1. The average Bonchev–Trinajstić information content (AvgIpc) is 2.74. The van der Waals surface area contributed by atoms with E-state index in [0.29, 0.717) is 18.5 Å². The number of nitrogens with one attached hydrogen (secondary N) is 1. The van der Waals surface area contributed by atoms with E-state index < -0.39 is 6.04 Å². The molecule has 3 N–H and O–H groups in total. The quantitative estimate of drug-likeness (QED) is 0.818. The van der Waals surface area contributed by atoms with E-state index in [9.17, 15) is 4.79 Å². The number of para-hydroxylation sites is 1. The van der Waals surface area contributed by atoms with Crippen LogP contribution in [0.2, 0.25) is 0 Å². The van der Waals surface area contributed by atoms with Gasteiger partial charge in [0.15, 0.2) is 0 Å². The summed E-state index contributed by atoms with van der Waals surface area (Å²) < 4.78 is 0. The molecule has 1 aliphatic rings. The number of benzene rings is 1. The highest BCUT2D eigenvalue weighted by atomic mass is 35.5. The molecule has 1 aliphatic heterocycles. The largest absolute Gasteiger partial charge is 0.367 e. The van der Waals surface area contributed by atoms with Crippen molar-refractivity contribution in [2.24, 2.45) is 11.7 Å². The first-order valence-corrected chi connectivity index (χ1v) is 7.87. The van der Waals surface area contributed by atoms with E-state index >= 15 is 0 Å². The number of hydrogen-bond acceptors (Lipinski definition) is 3. The number of hydrogen-bond donors (Lipinski definition) is 2. The Morgan fingerprint density at radius 2 is 2.00 bits per heavy atom. The number of amides is 1. The molecule has 2 atom stereocenters. The summed E-state index contributed by atoms with van der Waals surface area (Å²) in [5.41, 5.74) is 8.58. The summed E-state index contributed by atoms with van der Waals surface area (Å²) in [5, 5.41) is 2.96. The van der Waals surface area contributed by atoms with E-state index in [1.165, 1.54) is 11.3 Å². The van der Waals surface area contributed by atoms with Crippen LogP contribution >= 0.6 is 24.8 Å². The Kier molecular flexibility index (Phi) is 9.59. The lowest BCUT2D eigenvalue weighted by atomic mass is 10.0. The van der Waals surface area contributed by atoms with Gasteiger partial charge in [0, 0.05) is 24.8 Å². The number of fused-ring (bicyclic) bond motifs is 1. The summed E-state index contributed by atoms with van der Waals surface area (Å²) in [6, 6.07) is 8.59. The lowest BCUT2D eigenvalue weighted by Gasteiger charge is -2.25. The fraction of sp³-hybridized carbons (Fsp3) is 0.588. The Bertz CT molecular complexity index is 496. The van der Waals surface area contributed by atoms with E-state index in [2.05, 4.69) is 55.3 Å². The zero-order valence-corrected chi connectivity index (χ0v) is 15.8. The second kappa shape index (κ2) is 10.0. The number of nitrogens with two attached hydrogens (primary N) is 1. The molecule has 6 heteroatoms. The molecule has 0 aliphatic carbocycles. The minimum absolute atomic E-state index is 0. The maximum Gasteiger partial charge on any atom is 0.236 e. The number of carbonyl (C=O) groups excluding carboxylic acids is 1. The smallest absolute Gasteiger partial charge is 0.236 e. The van der Waals surface area contributed by atoms with Crippen LogP contribution in [-0.2, 0) is 11.2 Å². The van der Waals surface area contributed by atoms with Crippen molar-refractivity contribution in [3.05, 3.63) is 29.8 Å². The molecule has 2 rings (SSSR count). The highest BCUT2D eigenvalue weighted by Crippen LogP contribution is 2.31. The normalized spacial score (nSPS) is 17.1. The molecular formula is C17H29Cl2N3O. The van der Waals surface area contributed by atoms with Crippen molar-refractivity contribution in [2.75, 3.05) is 18.0 Å². The molecule has 1 heterocycles. The minimum Gasteiger partial charge on any atom is -0.367 e. The lowest BCUT2D eigenvalue weighted by Crippen LogP contribution is -2.45. The predicted octanol–water partition coefficient (Wildman–Crippen LogP) is 2.77. The molecule has 1 amide bonds. The van der Waals surface area contributed by atoms with Gasteiger partial charge in [-0.15, -0.1) is 24.8 Å². The molecule has 0 saturated heterocycles. The Labute approximate surface area is 152 Å². The topological polar surface area (TPSA) is 58.4 Å². The van der Waals surface area contributed by atoms with Gasteiger partial charge in [-0.05, 0) is 37.3 Å². The molecule has 0 aromatic heterocycles. The highest BCUT2D eigenvalue weighted by molar-refractivity contribution is 5.85. The van der Waals surface area contributed by atoms with Gasteiger partial charge in [-0.1, -0.05) is 32.0 Å². The first-order chi connectivity index (χ1) is 9.99. The molecule has 0 saturated carbocycles. The van der Waals surface area contributed by atoms with Crippen LogP contribution < -0.4 is 16.0 Å². The van der Waals surface area contributed by atoms with Crippen molar-refractivity contribution in [3.63, 3.8) is 0 Å². The van der Waals surface area contributed by atoms with Gasteiger partial charge in [-0.2, -0.15) is 0 Å². The first-order valence-electron chi connectivity index (χ1n) is 7.87. The van der Waals surface area contributed by atoms with Gasteiger partial charge in [0.2, 0.25) is 5.91 Å². The average molecular weight is 362 g/mol. The summed E-state index contributed by atoms with van der Waals surface area (Å²) in [5.74, 6) is 0.403. The van der Waals surface area contributed by atoms with E-state index in [1.54, 1.807) is 0 Å². The standard InChI is InChI=1S/C17H27N3O.2ClH/c1-12(2)10-15(18)17(21)19-8-9-20-13(3)11-14-6-4-5-7-16(14)20;;/h4-7,12-13,15H,8-11,18H2,1-3H3,(H,19,21);2*1H/t13?,15-;;/m0../s1. The van der Waals surface area contributed by atoms with Crippen LogP contribution in [0.5, 0.6) is 0 Å². The third-order valence-electron chi connectivity index (χ3n) is 4.06.